The zero-order chi connectivity index (χ0) is 14.2. The van der Waals surface area contributed by atoms with Crippen molar-refractivity contribution in [2.75, 3.05) is 19.6 Å². The van der Waals surface area contributed by atoms with Crippen LogP contribution in [0.2, 0.25) is 0 Å². The molecular formula is C16H25N3O. The maximum absolute atomic E-state index is 12.1. The number of rotatable bonds is 7. The Morgan fingerprint density at radius 3 is 2.60 bits per heavy atom. The number of carbonyl (C=O) groups is 1. The van der Waals surface area contributed by atoms with Crippen LogP contribution >= 0.6 is 0 Å². The molecule has 2 rings (SSSR count). The lowest BCUT2D eigenvalue weighted by molar-refractivity contribution is -0.122. The SMILES string of the molecule is NCCN(CC(=O)NCc1ccccc1)C1CCCC1. The van der Waals surface area contributed by atoms with Gasteiger partial charge in [-0.25, -0.2) is 0 Å². The number of amides is 1. The molecule has 1 fully saturated rings. The first kappa shape index (κ1) is 15.0. The Morgan fingerprint density at radius 2 is 1.95 bits per heavy atom. The van der Waals surface area contributed by atoms with E-state index in [2.05, 4.69) is 10.2 Å². The highest BCUT2D eigenvalue weighted by Crippen LogP contribution is 2.22. The predicted molar refractivity (Wildman–Crippen MR) is 81.2 cm³/mol. The van der Waals surface area contributed by atoms with E-state index in [1.807, 2.05) is 30.3 Å². The second-order valence-corrected chi connectivity index (χ2v) is 5.46. The van der Waals surface area contributed by atoms with Crippen LogP contribution in [0.4, 0.5) is 0 Å². The molecule has 0 aromatic heterocycles. The molecule has 1 amide bonds. The maximum atomic E-state index is 12.1. The zero-order valence-electron chi connectivity index (χ0n) is 12.1. The fourth-order valence-corrected chi connectivity index (χ4v) is 2.86. The van der Waals surface area contributed by atoms with E-state index >= 15 is 0 Å². The van der Waals surface area contributed by atoms with Gasteiger partial charge < -0.3 is 11.1 Å². The summed E-state index contributed by atoms with van der Waals surface area (Å²) < 4.78 is 0. The number of benzene rings is 1. The maximum Gasteiger partial charge on any atom is 0.234 e. The number of carbonyl (C=O) groups excluding carboxylic acids is 1. The van der Waals surface area contributed by atoms with Crippen LogP contribution in [0.15, 0.2) is 30.3 Å². The monoisotopic (exact) mass is 275 g/mol. The van der Waals surface area contributed by atoms with Gasteiger partial charge in [0.25, 0.3) is 0 Å². The van der Waals surface area contributed by atoms with E-state index < -0.39 is 0 Å². The fourth-order valence-electron chi connectivity index (χ4n) is 2.86. The summed E-state index contributed by atoms with van der Waals surface area (Å²) in [5, 5.41) is 2.99. The summed E-state index contributed by atoms with van der Waals surface area (Å²) in [5.41, 5.74) is 6.80. The van der Waals surface area contributed by atoms with Crippen LogP contribution in [-0.2, 0) is 11.3 Å². The largest absolute Gasteiger partial charge is 0.351 e. The number of nitrogens with zero attached hydrogens (tertiary/aromatic N) is 1. The van der Waals surface area contributed by atoms with Crippen molar-refractivity contribution in [3.8, 4) is 0 Å². The fraction of sp³-hybridized carbons (Fsp3) is 0.562. The zero-order valence-corrected chi connectivity index (χ0v) is 12.1. The van der Waals surface area contributed by atoms with Crippen molar-refractivity contribution in [2.24, 2.45) is 5.73 Å². The molecule has 1 aromatic rings. The molecule has 0 radical (unpaired) electrons. The predicted octanol–water partition coefficient (Wildman–Crippen LogP) is 1.51. The Labute approximate surface area is 121 Å². The van der Waals surface area contributed by atoms with Crippen LogP contribution in [0.3, 0.4) is 0 Å². The summed E-state index contributed by atoms with van der Waals surface area (Å²) >= 11 is 0. The van der Waals surface area contributed by atoms with Gasteiger partial charge in [0.15, 0.2) is 0 Å². The molecule has 0 bridgehead atoms. The van der Waals surface area contributed by atoms with Gasteiger partial charge in [0, 0.05) is 25.7 Å². The molecule has 1 aliphatic rings. The second kappa shape index (κ2) is 8.02. The molecular weight excluding hydrogens is 250 g/mol. The van der Waals surface area contributed by atoms with Crippen LogP contribution in [0.5, 0.6) is 0 Å². The van der Waals surface area contributed by atoms with Crippen molar-refractivity contribution in [1.82, 2.24) is 10.2 Å². The van der Waals surface area contributed by atoms with E-state index in [-0.39, 0.29) is 5.91 Å². The molecule has 1 aromatic carbocycles. The van der Waals surface area contributed by atoms with Crippen LogP contribution in [0.25, 0.3) is 0 Å². The highest BCUT2D eigenvalue weighted by atomic mass is 16.2. The summed E-state index contributed by atoms with van der Waals surface area (Å²) in [5.74, 6) is 0.0919. The summed E-state index contributed by atoms with van der Waals surface area (Å²) in [6.45, 7) is 2.49. The van der Waals surface area contributed by atoms with Crippen molar-refractivity contribution < 1.29 is 4.79 Å². The van der Waals surface area contributed by atoms with E-state index in [0.29, 0.717) is 25.7 Å². The standard InChI is InChI=1S/C16H25N3O/c17-10-11-19(15-8-4-5-9-15)13-16(20)18-12-14-6-2-1-3-7-14/h1-3,6-7,15H,4-5,8-13,17H2,(H,18,20). The van der Waals surface area contributed by atoms with Gasteiger partial charge in [-0.2, -0.15) is 0 Å². The lowest BCUT2D eigenvalue weighted by Gasteiger charge is -2.27. The third kappa shape index (κ3) is 4.62. The van der Waals surface area contributed by atoms with Gasteiger partial charge in [0.05, 0.1) is 6.54 Å². The van der Waals surface area contributed by atoms with Crippen LogP contribution in [0.1, 0.15) is 31.2 Å². The minimum atomic E-state index is 0.0919. The van der Waals surface area contributed by atoms with Gasteiger partial charge in [-0.05, 0) is 18.4 Å². The van der Waals surface area contributed by atoms with Crippen molar-refractivity contribution in [3.63, 3.8) is 0 Å². The summed E-state index contributed by atoms with van der Waals surface area (Å²) in [6.07, 6.45) is 4.95. The topological polar surface area (TPSA) is 58.4 Å². The first-order valence-corrected chi connectivity index (χ1v) is 7.54. The molecule has 4 nitrogen and oxygen atoms in total. The van der Waals surface area contributed by atoms with Crippen molar-refractivity contribution in [1.29, 1.82) is 0 Å². The van der Waals surface area contributed by atoms with Gasteiger partial charge in [-0.15, -0.1) is 0 Å². The molecule has 0 aliphatic heterocycles. The highest BCUT2D eigenvalue weighted by Gasteiger charge is 2.23. The Morgan fingerprint density at radius 1 is 1.25 bits per heavy atom. The van der Waals surface area contributed by atoms with Gasteiger partial charge in [0.2, 0.25) is 5.91 Å². The first-order valence-electron chi connectivity index (χ1n) is 7.54. The molecule has 110 valence electrons. The average Bonchev–Trinajstić information content (AvgIpc) is 3.00. The Balaban J connectivity index is 1.78. The Hall–Kier alpha value is -1.39. The quantitative estimate of drug-likeness (QED) is 0.793. The molecule has 20 heavy (non-hydrogen) atoms. The van der Waals surface area contributed by atoms with Gasteiger partial charge in [-0.3, -0.25) is 9.69 Å². The van der Waals surface area contributed by atoms with Crippen molar-refractivity contribution in [2.45, 2.75) is 38.3 Å². The minimum absolute atomic E-state index is 0.0919. The molecule has 0 unspecified atom stereocenters. The van der Waals surface area contributed by atoms with Crippen molar-refractivity contribution >= 4 is 5.91 Å². The molecule has 0 atom stereocenters. The first-order chi connectivity index (χ1) is 9.79. The van der Waals surface area contributed by atoms with Gasteiger partial charge in [0.1, 0.15) is 0 Å². The number of hydrogen-bond acceptors (Lipinski definition) is 3. The van der Waals surface area contributed by atoms with E-state index in [1.165, 1.54) is 25.7 Å². The third-order valence-corrected chi connectivity index (χ3v) is 3.94. The van der Waals surface area contributed by atoms with Gasteiger partial charge in [-0.1, -0.05) is 43.2 Å². The molecule has 4 heteroatoms. The Kier molecular flexibility index (Phi) is 6.02. The smallest absolute Gasteiger partial charge is 0.234 e. The molecule has 0 saturated heterocycles. The lowest BCUT2D eigenvalue weighted by atomic mass is 10.2. The second-order valence-electron chi connectivity index (χ2n) is 5.46. The number of nitrogens with one attached hydrogen (secondary N) is 1. The highest BCUT2D eigenvalue weighted by molar-refractivity contribution is 5.78. The number of hydrogen-bond donors (Lipinski definition) is 2. The molecule has 1 aliphatic carbocycles. The minimum Gasteiger partial charge on any atom is -0.351 e. The third-order valence-electron chi connectivity index (χ3n) is 3.94. The molecule has 0 heterocycles. The molecule has 3 N–H and O–H groups in total. The summed E-state index contributed by atoms with van der Waals surface area (Å²) in [4.78, 5) is 14.3. The average molecular weight is 275 g/mol. The van der Waals surface area contributed by atoms with E-state index in [1.54, 1.807) is 0 Å². The van der Waals surface area contributed by atoms with Crippen molar-refractivity contribution in [3.05, 3.63) is 35.9 Å². The van der Waals surface area contributed by atoms with Crippen LogP contribution in [0, 0.1) is 0 Å². The summed E-state index contributed by atoms with van der Waals surface area (Å²) in [6, 6.07) is 10.5. The Bertz CT molecular complexity index is 401. The summed E-state index contributed by atoms with van der Waals surface area (Å²) in [7, 11) is 0. The van der Waals surface area contributed by atoms with E-state index in [0.717, 1.165) is 12.1 Å². The van der Waals surface area contributed by atoms with E-state index in [4.69, 9.17) is 5.73 Å². The lowest BCUT2D eigenvalue weighted by Crippen LogP contribution is -2.44. The number of nitrogens with two attached hydrogens (primary N) is 1. The van der Waals surface area contributed by atoms with Gasteiger partial charge >= 0.3 is 0 Å². The van der Waals surface area contributed by atoms with Crippen LogP contribution in [-0.4, -0.2) is 36.5 Å². The van der Waals surface area contributed by atoms with Crippen LogP contribution < -0.4 is 11.1 Å². The molecule has 0 spiro atoms. The normalized spacial score (nSPS) is 15.7. The van der Waals surface area contributed by atoms with E-state index in [9.17, 15) is 4.79 Å². The molecule has 1 saturated carbocycles.